The Morgan fingerprint density at radius 3 is 2.56 bits per heavy atom. The minimum absolute atomic E-state index is 0.663. The molecule has 0 saturated heterocycles. The number of benzene rings is 1. The maximum Gasteiger partial charge on any atom is 0.119 e. The van der Waals surface area contributed by atoms with Crippen LogP contribution in [0.2, 0.25) is 0 Å². The minimum Gasteiger partial charge on any atom is -0.497 e. The van der Waals surface area contributed by atoms with Gasteiger partial charge < -0.3 is 14.8 Å². The van der Waals surface area contributed by atoms with Crippen LogP contribution in [-0.4, -0.2) is 20.3 Å². The van der Waals surface area contributed by atoms with E-state index in [1.165, 1.54) is 5.56 Å². The second-order valence-corrected chi connectivity index (χ2v) is 4.61. The molecule has 1 heterocycles. The van der Waals surface area contributed by atoms with Gasteiger partial charge in [0.25, 0.3) is 0 Å². The van der Waals surface area contributed by atoms with E-state index >= 15 is 0 Å². The largest absolute Gasteiger partial charge is 0.497 e. The molecule has 0 fully saturated rings. The average Bonchev–Trinajstić information content (AvgIpc) is 2.92. The fourth-order valence-electron chi connectivity index (χ4n) is 1.54. The van der Waals surface area contributed by atoms with Crippen molar-refractivity contribution in [3.63, 3.8) is 0 Å². The molecular formula is C14H17NO2S. The third-order valence-corrected chi connectivity index (χ3v) is 3.25. The van der Waals surface area contributed by atoms with Crippen molar-refractivity contribution in [2.75, 3.05) is 20.3 Å². The summed E-state index contributed by atoms with van der Waals surface area (Å²) in [6, 6.07) is 9.75. The van der Waals surface area contributed by atoms with Crippen LogP contribution in [0.1, 0.15) is 5.56 Å². The fraction of sp³-hybridized carbons (Fsp3) is 0.286. The third-order valence-electron chi connectivity index (χ3n) is 2.52. The first-order valence-corrected chi connectivity index (χ1v) is 6.81. The molecule has 0 bridgehead atoms. The SMILES string of the molecule is COc1ccc(OCCNCc2ccsc2)cc1. The van der Waals surface area contributed by atoms with Crippen molar-refractivity contribution in [2.24, 2.45) is 0 Å². The zero-order chi connectivity index (χ0) is 12.6. The van der Waals surface area contributed by atoms with Gasteiger partial charge in [-0.2, -0.15) is 11.3 Å². The predicted octanol–water partition coefficient (Wildman–Crippen LogP) is 2.93. The van der Waals surface area contributed by atoms with E-state index in [4.69, 9.17) is 9.47 Å². The summed E-state index contributed by atoms with van der Waals surface area (Å²) in [4.78, 5) is 0. The van der Waals surface area contributed by atoms with Crippen LogP contribution in [0.15, 0.2) is 41.1 Å². The number of rotatable bonds is 7. The van der Waals surface area contributed by atoms with Crippen molar-refractivity contribution < 1.29 is 9.47 Å². The van der Waals surface area contributed by atoms with Gasteiger partial charge in [0.1, 0.15) is 18.1 Å². The first-order valence-electron chi connectivity index (χ1n) is 5.87. The molecular weight excluding hydrogens is 246 g/mol. The molecule has 0 atom stereocenters. The van der Waals surface area contributed by atoms with E-state index < -0.39 is 0 Å². The van der Waals surface area contributed by atoms with Gasteiger partial charge in [0.15, 0.2) is 0 Å². The quantitative estimate of drug-likeness (QED) is 0.779. The molecule has 0 amide bonds. The molecule has 2 rings (SSSR count). The van der Waals surface area contributed by atoms with Crippen LogP contribution in [0.4, 0.5) is 0 Å². The van der Waals surface area contributed by atoms with E-state index in [1.807, 2.05) is 24.3 Å². The Balaban J connectivity index is 1.62. The highest BCUT2D eigenvalue weighted by atomic mass is 32.1. The Morgan fingerprint density at radius 2 is 1.89 bits per heavy atom. The van der Waals surface area contributed by atoms with E-state index in [2.05, 4.69) is 22.1 Å². The van der Waals surface area contributed by atoms with E-state index in [1.54, 1.807) is 18.4 Å². The molecule has 1 aromatic heterocycles. The monoisotopic (exact) mass is 263 g/mol. The molecule has 3 nitrogen and oxygen atoms in total. The lowest BCUT2D eigenvalue weighted by Crippen LogP contribution is -2.20. The van der Waals surface area contributed by atoms with E-state index in [0.717, 1.165) is 24.6 Å². The summed E-state index contributed by atoms with van der Waals surface area (Å²) in [6.45, 7) is 2.40. The molecule has 4 heteroatoms. The number of methoxy groups -OCH3 is 1. The molecule has 0 spiro atoms. The average molecular weight is 263 g/mol. The summed E-state index contributed by atoms with van der Waals surface area (Å²) in [5.74, 6) is 1.71. The minimum atomic E-state index is 0.663. The molecule has 0 saturated carbocycles. The van der Waals surface area contributed by atoms with Crippen molar-refractivity contribution in [1.82, 2.24) is 5.32 Å². The van der Waals surface area contributed by atoms with E-state index in [0.29, 0.717) is 6.61 Å². The molecule has 1 N–H and O–H groups in total. The predicted molar refractivity (Wildman–Crippen MR) is 74.5 cm³/mol. The molecule has 96 valence electrons. The summed E-state index contributed by atoms with van der Waals surface area (Å²) in [7, 11) is 1.66. The zero-order valence-electron chi connectivity index (χ0n) is 10.4. The molecule has 0 unspecified atom stereocenters. The van der Waals surface area contributed by atoms with Gasteiger partial charge in [-0.15, -0.1) is 0 Å². The Hall–Kier alpha value is -1.52. The molecule has 0 aliphatic carbocycles. The van der Waals surface area contributed by atoms with Gasteiger partial charge in [-0.25, -0.2) is 0 Å². The number of ether oxygens (including phenoxy) is 2. The second-order valence-electron chi connectivity index (χ2n) is 3.83. The standard InChI is InChI=1S/C14H17NO2S/c1-16-13-2-4-14(5-3-13)17-8-7-15-10-12-6-9-18-11-12/h2-6,9,11,15H,7-8,10H2,1H3. The zero-order valence-corrected chi connectivity index (χ0v) is 11.2. The maximum atomic E-state index is 5.61. The summed E-state index contributed by atoms with van der Waals surface area (Å²) >= 11 is 1.72. The lowest BCUT2D eigenvalue weighted by atomic mass is 10.3. The molecule has 0 aliphatic rings. The molecule has 1 aromatic carbocycles. The van der Waals surface area contributed by atoms with E-state index in [-0.39, 0.29) is 0 Å². The second kappa shape index (κ2) is 7.03. The van der Waals surface area contributed by atoms with E-state index in [9.17, 15) is 0 Å². The lowest BCUT2D eigenvalue weighted by Gasteiger charge is -2.07. The first-order chi connectivity index (χ1) is 8.88. The van der Waals surface area contributed by atoms with Gasteiger partial charge in [-0.05, 0) is 46.7 Å². The summed E-state index contributed by atoms with van der Waals surface area (Å²) in [5.41, 5.74) is 1.32. The Labute approximate surface area is 111 Å². The number of nitrogens with one attached hydrogen (secondary N) is 1. The summed E-state index contributed by atoms with van der Waals surface area (Å²) < 4.78 is 10.7. The van der Waals surface area contributed by atoms with Gasteiger partial charge in [-0.1, -0.05) is 0 Å². The Kier molecular flexibility index (Phi) is 5.05. The van der Waals surface area contributed by atoms with Crippen LogP contribution < -0.4 is 14.8 Å². The number of thiophene rings is 1. The molecule has 0 radical (unpaired) electrons. The number of hydrogen-bond donors (Lipinski definition) is 1. The van der Waals surface area contributed by atoms with Gasteiger partial charge in [0, 0.05) is 13.1 Å². The van der Waals surface area contributed by atoms with Crippen molar-refractivity contribution in [3.05, 3.63) is 46.7 Å². The van der Waals surface area contributed by atoms with Crippen molar-refractivity contribution in [3.8, 4) is 11.5 Å². The highest BCUT2D eigenvalue weighted by Crippen LogP contribution is 2.16. The van der Waals surface area contributed by atoms with Gasteiger partial charge >= 0.3 is 0 Å². The molecule has 2 aromatic rings. The van der Waals surface area contributed by atoms with Crippen LogP contribution >= 0.6 is 11.3 Å². The van der Waals surface area contributed by atoms with Crippen LogP contribution in [0, 0.1) is 0 Å². The Morgan fingerprint density at radius 1 is 1.11 bits per heavy atom. The van der Waals surface area contributed by atoms with Crippen LogP contribution in [0.3, 0.4) is 0 Å². The lowest BCUT2D eigenvalue weighted by molar-refractivity contribution is 0.313. The maximum absolute atomic E-state index is 5.61. The fourth-order valence-corrected chi connectivity index (χ4v) is 2.21. The summed E-state index contributed by atoms with van der Waals surface area (Å²) in [5, 5.41) is 7.58. The number of hydrogen-bond acceptors (Lipinski definition) is 4. The highest BCUT2D eigenvalue weighted by molar-refractivity contribution is 7.07. The van der Waals surface area contributed by atoms with Crippen LogP contribution in [0.5, 0.6) is 11.5 Å². The van der Waals surface area contributed by atoms with Crippen molar-refractivity contribution in [1.29, 1.82) is 0 Å². The topological polar surface area (TPSA) is 30.5 Å². The van der Waals surface area contributed by atoms with Crippen molar-refractivity contribution in [2.45, 2.75) is 6.54 Å². The molecule has 18 heavy (non-hydrogen) atoms. The normalized spacial score (nSPS) is 10.3. The van der Waals surface area contributed by atoms with Crippen molar-refractivity contribution >= 4 is 11.3 Å². The van der Waals surface area contributed by atoms with Gasteiger partial charge in [0.05, 0.1) is 7.11 Å². The van der Waals surface area contributed by atoms with Crippen LogP contribution in [-0.2, 0) is 6.54 Å². The third kappa shape index (κ3) is 4.05. The van der Waals surface area contributed by atoms with Gasteiger partial charge in [0.2, 0.25) is 0 Å². The molecule has 0 aliphatic heterocycles. The summed E-state index contributed by atoms with van der Waals surface area (Å²) in [6.07, 6.45) is 0. The van der Waals surface area contributed by atoms with Crippen LogP contribution in [0.25, 0.3) is 0 Å². The smallest absolute Gasteiger partial charge is 0.119 e. The first kappa shape index (κ1) is 12.9. The highest BCUT2D eigenvalue weighted by Gasteiger charge is 1.95. The van der Waals surface area contributed by atoms with Gasteiger partial charge in [-0.3, -0.25) is 0 Å². The Bertz CT molecular complexity index is 439.